The lowest BCUT2D eigenvalue weighted by Crippen LogP contribution is -2.07. The molecule has 0 aliphatic carbocycles. The van der Waals surface area contributed by atoms with Gasteiger partial charge in [-0.25, -0.2) is 9.97 Å². The molecule has 0 fully saturated rings. The standard InChI is InChI=1S/C16H20ClN3/c1-4-9-18-15-10-14(19-16(20-15)11(2)3)12-5-7-13(17)8-6-12/h5-8,10-11H,4,9H2,1-3H3,(H,18,19,20). The zero-order chi connectivity index (χ0) is 14.5. The van der Waals surface area contributed by atoms with E-state index in [9.17, 15) is 0 Å². The molecule has 0 radical (unpaired) electrons. The van der Waals surface area contributed by atoms with Gasteiger partial charge in [-0.3, -0.25) is 0 Å². The first-order valence-corrected chi connectivity index (χ1v) is 7.36. The van der Waals surface area contributed by atoms with Gasteiger partial charge in [-0.15, -0.1) is 0 Å². The molecular weight excluding hydrogens is 270 g/mol. The Hall–Kier alpha value is -1.61. The molecule has 0 atom stereocenters. The van der Waals surface area contributed by atoms with Crippen molar-refractivity contribution in [3.8, 4) is 11.3 Å². The minimum Gasteiger partial charge on any atom is -0.370 e. The van der Waals surface area contributed by atoms with Crippen molar-refractivity contribution in [3.63, 3.8) is 0 Å². The van der Waals surface area contributed by atoms with Gasteiger partial charge < -0.3 is 5.32 Å². The Morgan fingerprint density at radius 1 is 1.15 bits per heavy atom. The predicted octanol–water partition coefficient (Wildman–Crippen LogP) is 4.74. The highest BCUT2D eigenvalue weighted by Gasteiger charge is 2.09. The maximum atomic E-state index is 5.94. The highest BCUT2D eigenvalue weighted by molar-refractivity contribution is 6.30. The molecule has 0 aliphatic rings. The highest BCUT2D eigenvalue weighted by atomic mass is 35.5. The lowest BCUT2D eigenvalue weighted by atomic mass is 10.1. The fourth-order valence-electron chi connectivity index (χ4n) is 1.84. The first kappa shape index (κ1) is 14.8. The molecule has 1 aromatic carbocycles. The predicted molar refractivity (Wildman–Crippen MR) is 85.3 cm³/mol. The number of anilines is 1. The maximum Gasteiger partial charge on any atom is 0.133 e. The van der Waals surface area contributed by atoms with Crippen LogP contribution in [0.5, 0.6) is 0 Å². The van der Waals surface area contributed by atoms with Gasteiger partial charge in [-0.05, 0) is 18.6 Å². The van der Waals surface area contributed by atoms with Crippen molar-refractivity contribution < 1.29 is 0 Å². The highest BCUT2D eigenvalue weighted by Crippen LogP contribution is 2.24. The van der Waals surface area contributed by atoms with Crippen LogP contribution in [0.3, 0.4) is 0 Å². The van der Waals surface area contributed by atoms with Crippen molar-refractivity contribution in [2.24, 2.45) is 0 Å². The molecule has 0 saturated heterocycles. The van der Waals surface area contributed by atoms with Crippen LogP contribution in [0, 0.1) is 0 Å². The Bertz CT molecular complexity index is 564. The second kappa shape index (κ2) is 6.71. The van der Waals surface area contributed by atoms with E-state index in [1.807, 2.05) is 30.3 Å². The van der Waals surface area contributed by atoms with E-state index >= 15 is 0 Å². The summed E-state index contributed by atoms with van der Waals surface area (Å²) >= 11 is 5.94. The third-order valence-electron chi connectivity index (χ3n) is 2.96. The molecular formula is C16H20ClN3. The van der Waals surface area contributed by atoms with Crippen LogP contribution in [-0.2, 0) is 0 Å². The third kappa shape index (κ3) is 3.70. The van der Waals surface area contributed by atoms with Crippen LogP contribution in [-0.4, -0.2) is 16.5 Å². The monoisotopic (exact) mass is 289 g/mol. The minimum absolute atomic E-state index is 0.296. The van der Waals surface area contributed by atoms with Crippen LogP contribution in [0.2, 0.25) is 5.02 Å². The van der Waals surface area contributed by atoms with E-state index in [0.717, 1.165) is 40.9 Å². The lowest BCUT2D eigenvalue weighted by Gasteiger charge is -2.11. The molecule has 1 N–H and O–H groups in total. The zero-order valence-electron chi connectivity index (χ0n) is 12.2. The Kier molecular flexibility index (Phi) is 4.96. The average molecular weight is 290 g/mol. The van der Waals surface area contributed by atoms with Gasteiger partial charge in [0.2, 0.25) is 0 Å². The van der Waals surface area contributed by atoms with Crippen molar-refractivity contribution in [1.29, 1.82) is 0 Å². The minimum atomic E-state index is 0.296. The van der Waals surface area contributed by atoms with Gasteiger partial charge in [-0.1, -0.05) is 44.5 Å². The number of rotatable bonds is 5. The molecule has 4 heteroatoms. The van der Waals surface area contributed by atoms with Crippen LogP contribution in [0.15, 0.2) is 30.3 Å². The van der Waals surface area contributed by atoms with Crippen LogP contribution in [0.4, 0.5) is 5.82 Å². The van der Waals surface area contributed by atoms with Gasteiger partial charge in [0.25, 0.3) is 0 Å². The van der Waals surface area contributed by atoms with E-state index in [4.69, 9.17) is 11.6 Å². The molecule has 20 heavy (non-hydrogen) atoms. The SMILES string of the molecule is CCCNc1cc(-c2ccc(Cl)cc2)nc(C(C)C)n1. The van der Waals surface area contributed by atoms with Gasteiger partial charge in [0.05, 0.1) is 5.69 Å². The Balaban J connectivity index is 2.40. The number of nitrogens with one attached hydrogen (secondary N) is 1. The summed E-state index contributed by atoms with van der Waals surface area (Å²) in [4.78, 5) is 9.21. The first-order chi connectivity index (χ1) is 9.60. The summed E-state index contributed by atoms with van der Waals surface area (Å²) in [5.41, 5.74) is 1.98. The topological polar surface area (TPSA) is 37.8 Å². The number of benzene rings is 1. The van der Waals surface area contributed by atoms with Crippen molar-refractivity contribution in [2.45, 2.75) is 33.1 Å². The summed E-state index contributed by atoms with van der Waals surface area (Å²) in [6.07, 6.45) is 1.07. The van der Waals surface area contributed by atoms with E-state index in [1.54, 1.807) is 0 Å². The lowest BCUT2D eigenvalue weighted by molar-refractivity contribution is 0.775. The molecule has 1 heterocycles. The summed E-state index contributed by atoms with van der Waals surface area (Å²) in [6.45, 7) is 7.25. The van der Waals surface area contributed by atoms with Crippen molar-refractivity contribution in [3.05, 3.63) is 41.2 Å². The van der Waals surface area contributed by atoms with E-state index < -0.39 is 0 Å². The van der Waals surface area contributed by atoms with Crippen molar-refractivity contribution in [2.75, 3.05) is 11.9 Å². The van der Waals surface area contributed by atoms with E-state index in [1.165, 1.54) is 0 Å². The fourth-order valence-corrected chi connectivity index (χ4v) is 1.96. The number of hydrogen-bond acceptors (Lipinski definition) is 3. The van der Waals surface area contributed by atoms with Gasteiger partial charge in [0, 0.05) is 29.1 Å². The first-order valence-electron chi connectivity index (χ1n) is 6.99. The quantitative estimate of drug-likeness (QED) is 0.864. The molecule has 0 bridgehead atoms. The number of aromatic nitrogens is 2. The van der Waals surface area contributed by atoms with Gasteiger partial charge in [0.15, 0.2) is 0 Å². The smallest absolute Gasteiger partial charge is 0.133 e. The summed E-state index contributed by atoms with van der Waals surface area (Å²) in [6, 6.07) is 9.72. The second-order valence-corrected chi connectivity index (χ2v) is 5.52. The number of nitrogens with zero attached hydrogens (tertiary/aromatic N) is 2. The summed E-state index contributed by atoms with van der Waals surface area (Å²) in [7, 11) is 0. The Morgan fingerprint density at radius 2 is 1.85 bits per heavy atom. The largest absolute Gasteiger partial charge is 0.370 e. The van der Waals surface area contributed by atoms with Gasteiger partial charge in [-0.2, -0.15) is 0 Å². The summed E-state index contributed by atoms with van der Waals surface area (Å²) in [5, 5.41) is 4.07. The molecule has 3 nitrogen and oxygen atoms in total. The molecule has 0 saturated carbocycles. The van der Waals surface area contributed by atoms with Gasteiger partial charge in [0.1, 0.15) is 11.6 Å². The van der Waals surface area contributed by atoms with Crippen LogP contribution < -0.4 is 5.32 Å². The number of halogens is 1. The molecule has 2 aromatic rings. The summed E-state index contributed by atoms with van der Waals surface area (Å²) in [5.74, 6) is 2.04. The Labute approximate surface area is 125 Å². The van der Waals surface area contributed by atoms with Crippen LogP contribution >= 0.6 is 11.6 Å². The Morgan fingerprint density at radius 3 is 2.45 bits per heavy atom. The molecule has 1 aromatic heterocycles. The molecule has 0 unspecified atom stereocenters. The molecule has 106 valence electrons. The second-order valence-electron chi connectivity index (χ2n) is 5.08. The molecule has 0 amide bonds. The average Bonchev–Trinajstić information content (AvgIpc) is 2.45. The van der Waals surface area contributed by atoms with Crippen LogP contribution in [0.25, 0.3) is 11.3 Å². The zero-order valence-corrected chi connectivity index (χ0v) is 12.9. The van der Waals surface area contributed by atoms with E-state index in [-0.39, 0.29) is 0 Å². The van der Waals surface area contributed by atoms with E-state index in [0.29, 0.717) is 5.92 Å². The van der Waals surface area contributed by atoms with Crippen LogP contribution in [0.1, 0.15) is 38.9 Å². The third-order valence-corrected chi connectivity index (χ3v) is 3.21. The number of hydrogen-bond donors (Lipinski definition) is 1. The van der Waals surface area contributed by atoms with E-state index in [2.05, 4.69) is 36.1 Å². The normalized spacial score (nSPS) is 10.8. The summed E-state index contributed by atoms with van der Waals surface area (Å²) < 4.78 is 0. The maximum absolute atomic E-state index is 5.94. The molecule has 0 aliphatic heterocycles. The molecule has 0 spiro atoms. The fraction of sp³-hybridized carbons (Fsp3) is 0.375. The molecule has 2 rings (SSSR count). The van der Waals surface area contributed by atoms with Gasteiger partial charge >= 0.3 is 0 Å². The van der Waals surface area contributed by atoms with Crippen molar-refractivity contribution >= 4 is 17.4 Å². The van der Waals surface area contributed by atoms with Crippen molar-refractivity contribution in [1.82, 2.24) is 9.97 Å².